The highest BCUT2D eigenvalue weighted by molar-refractivity contribution is 6.40. The zero-order valence-electron chi connectivity index (χ0n) is 19.1. The van der Waals surface area contributed by atoms with E-state index in [2.05, 4.69) is 47.9 Å². The van der Waals surface area contributed by atoms with E-state index < -0.39 is 0 Å². The predicted octanol–water partition coefficient (Wildman–Crippen LogP) is 5.42. The number of ketones is 2. The highest BCUT2D eigenvalue weighted by Gasteiger charge is 2.36. The van der Waals surface area contributed by atoms with E-state index >= 15 is 0 Å². The summed E-state index contributed by atoms with van der Waals surface area (Å²) in [5, 5.41) is 0. The van der Waals surface area contributed by atoms with Gasteiger partial charge in [0.2, 0.25) is 5.78 Å². The molecule has 1 aliphatic heterocycles. The monoisotopic (exact) mass is 436 g/mol. The van der Waals surface area contributed by atoms with E-state index in [4.69, 9.17) is 0 Å². The van der Waals surface area contributed by atoms with Crippen LogP contribution in [0.3, 0.4) is 0 Å². The van der Waals surface area contributed by atoms with Gasteiger partial charge in [-0.3, -0.25) is 9.59 Å². The van der Waals surface area contributed by atoms with Crippen molar-refractivity contribution in [2.24, 2.45) is 0 Å². The van der Waals surface area contributed by atoms with Crippen LogP contribution in [-0.4, -0.2) is 42.6 Å². The Balaban J connectivity index is 1.54. The van der Waals surface area contributed by atoms with Gasteiger partial charge in [-0.15, -0.1) is 0 Å². The second-order valence-corrected chi connectivity index (χ2v) is 9.01. The van der Waals surface area contributed by atoms with Crippen LogP contribution in [0.25, 0.3) is 5.57 Å². The summed E-state index contributed by atoms with van der Waals surface area (Å²) in [6, 6.07) is 25.6. The minimum Gasteiger partial charge on any atom is -0.368 e. The molecule has 0 saturated carbocycles. The minimum atomic E-state index is -0.0667. The van der Waals surface area contributed by atoms with Gasteiger partial charge in [0.15, 0.2) is 5.78 Å². The maximum Gasteiger partial charge on any atom is 0.210 e. The van der Waals surface area contributed by atoms with Crippen molar-refractivity contribution in [3.05, 3.63) is 107 Å². The van der Waals surface area contributed by atoms with Crippen molar-refractivity contribution < 1.29 is 9.59 Å². The van der Waals surface area contributed by atoms with Crippen molar-refractivity contribution in [2.75, 3.05) is 31.1 Å². The van der Waals surface area contributed by atoms with Crippen LogP contribution in [-0.2, 0) is 0 Å². The predicted molar refractivity (Wildman–Crippen MR) is 133 cm³/mol. The van der Waals surface area contributed by atoms with Gasteiger partial charge in [0.25, 0.3) is 0 Å². The van der Waals surface area contributed by atoms with Gasteiger partial charge in [-0.2, -0.15) is 0 Å². The maximum absolute atomic E-state index is 13.7. The third-order valence-corrected chi connectivity index (χ3v) is 6.68. The van der Waals surface area contributed by atoms with Crippen LogP contribution in [0.1, 0.15) is 51.6 Å². The molecule has 0 N–H and O–H groups in total. The standard InChI is InChI=1S/C29H28N2O2/c1-20(2)21-12-14-22(15-13-21)26-27(29(33)25-11-7-6-10-24(25)28(26)32)31-18-16-30(17-19-31)23-8-4-3-5-9-23/h3-15,20H,16-19H2,1-2H3. The molecule has 0 spiro atoms. The van der Waals surface area contributed by atoms with Crippen LogP contribution >= 0.6 is 0 Å². The van der Waals surface area contributed by atoms with Gasteiger partial charge in [-0.05, 0) is 29.2 Å². The molecule has 3 aromatic carbocycles. The van der Waals surface area contributed by atoms with E-state index in [1.54, 1.807) is 12.1 Å². The molecule has 4 heteroatoms. The minimum absolute atomic E-state index is 0.0544. The molecule has 1 heterocycles. The van der Waals surface area contributed by atoms with Gasteiger partial charge in [0, 0.05) is 43.0 Å². The largest absolute Gasteiger partial charge is 0.368 e. The Morgan fingerprint density at radius 2 is 1.18 bits per heavy atom. The van der Waals surface area contributed by atoms with E-state index in [-0.39, 0.29) is 11.6 Å². The topological polar surface area (TPSA) is 40.6 Å². The van der Waals surface area contributed by atoms with Crippen molar-refractivity contribution in [3.8, 4) is 0 Å². The molecule has 3 aromatic rings. The normalized spacial score (nSPS) is 16.5. The number of hydrogen-bond donors (Lipinski definition) is 0. The molecule has 0 amide bonds. The zero-order valence-corrected chi connectivity index (χ0v) is 19.1. The number of carbonyl (C=O) groups is 2. The maximum atomic E-state index is 13.7. The Kier molecular flexibility index (Phi) is 5.59. The lowest BCUT2D eigenvalue weighted by Gasteiger charge is -2.39. The van der Waals surface area contributed by atoms with Crippen LogP contribution < -0.4 is 4.90 Å². The Bertz CT molecular complexity index is 1220. The van der Waals surface area contributed by atoms with Crippen LogP contribution in [0.15, 0.2) is 84.6 Å². The number of para-hydroxylation sites is 1. The second kappa shape index (κ2) is 8.70. The first-order valence-electron chi connectivity index (χ1n) is 11.6. The van der Waals surface area contributed by atoms with Crippen molar-refractivity contribution >= 4 is 22.8 Å². The summed E-state index contributed by atoms with van der Waals surface area (Å²) in [5.74, 6) is 0.285. The lowest BCUT2D eigenvalue weighted by atomic mass is 9.83. The Morgan fingerprint density at radius 1 is 0.636 bits per heavy atom. The molecule has 0 aromatic heterocycles. The van der Waals surface area contributed by atoms with E-state index in [0.29, 0.717) is 41.4 Å². The molecule has 0 atom stereocenters. The number of Topliss-reactive ketones (excluding diaryl/α,β-unsaturated/α-hetero) is 2. The average Bonchev–Trinajstić information content (AvgIpc) is 2.87. The summed E-state index contributed by atoms with van der Waals surface area (Å²) < 4.78 is 0. The quantitative estimate of drug-likeness (QED) is 0.547. The molecule has 1 saturated heterocycles. The lowest BCUT2D eigenvalue weighted by Crippen LogP contribution is -2.48. The molecule has 2 aliphatic rings. The SMILES string of the molecule is CC(C)c1ccc(C2=C(N3CCN(c4ccccc4)CC3)C(=O)c3ccccc3C2=O)cc1. The van der Waals surface area contributed by atoms with Gasteiger partial charge in [0.05, 0.1) is 11.3 Å². The number of anilines is 1. The molecule has 33 heavy (non-hydrogen) atoms. The van der Waals surface area contributed by atoms with E-state index in [1.807, 2.05) is 42.5 Å². The molecule has 0 bridgehead atoms. The number of hydrogen-bond acceptors (Lipinski definition) is 4. The van der Waals surface area contributed by atoms with Crippen LogP contribution in [0.4, 0.5) is 5.69 Å². The highest BCUT2D eigenvalue weighted by Crippen LogP contribution is 2.35. The van der Waals surface area contributed by atoms with E-state index in [9.17, 15) is 9.59 Å². The van der Waals surface area contributed by atoms with Gasteiger partial charge in [-0.25, -0.2) is 0 Å². The first-order valence-corrected chi connectivity index (χ1v) is 11.6. The highest BCUT2D eigenvalue weighted by atomic mass is 16.1. The summed E-state index contributed by atoms with van der Waals surface area (Å²) in [5.41, 5.74) is 5.29. The number of piperazine rings is 1. The molecule has 1 fully saturated rings. The Hall–Kier alpha value is -3.66. The van der Waals surface area contributed by atoms with Crippen molar-refractivity contribution in [1.82, 2.24) is 4.90 Å². The summed E-state index contributed by atoms with van der Waals surface area (Å²) >= 11 is 0. The first-order chi connectivity index (χ1) is 16.0. The Labute approximate surface area is 195 Å². The van der Waals surface area contributed by atoms with Gasteiger partial charge < -0.3 is 9.80 Å². The molecule has 1 aliphatic carbocycles. The average molecular weight is 437 g/mol. The molecule has 166 valence electrons. The molecular formula is C29H28N2O2. The first kappa shape index (κ1) is 21.2. The number of fused-ring (bicyclic) bond motifs is 1. The summed E-state index contributed by atoms with van der Waals surface area (Å²) in [6.45, 7) is 7.29. The lowest BCUT2D eigenvalue weighted by molar-refractivity contribution is 0.0956. The summed E-state index contributed by atoms with van der Waals surface area (Å²) in [7, 11) is 0. The molecule has 0 unspecified atom stereocenters. The van der Waals surface area contributed by atoms with Crippen LogP contribution in [0.5, 0.6) is 0 Å². The summed E-state index contributed by atoms with van der Waals surface area (Å²) in [6.07, 6.45) is 0. The second-order valence-electron chi connectivity index (χ2n) is 9.01. The van der Waals surface area contributed by atoms with E-state index in [1.165, 1.54) is 11.3 Å². The van der Waals surface area contributed by atoms with Gasteiger partial charge in [0.1, 0.15) is 0 Å². The fourth-order valence-corrected chi connectivity index (χ4v) is 4.79. The van der Waals surface area contributed by atoms with Crippen molar-refractivity contribution in [1.29, 1.82) is 0 Å². The third-order valence-electron chi connectivity index (χ3n) is 6.68. The van der Waals surface area contributed by atoms with Crippen molar-refractivity contribution in [3.63, 3.8) is 0 Å². The molecule has 4 nitrogen and oxygen atoms in total. The Morgan fingerprint density at radius 3 is 1.79 bits per heavy atom. The number of carbonyl (C=O) groups excluding carboxylic acids is 2. The number of allylic oxidation sites excluding steroid dienone is 2. The fraction of sp³-hybridized carbons (Fsp3) is 0.241. The summed E-state index contributed by atoms with van der Waals surface area (Å²) in [4.78, 5) is 31.8. The zero-order chi connectivity index (χ0) is 22.9. The third kappa shape index (κ3) is 3.86. The van der Waals surface area contributed by atoms with Crippen LogP contribution in [0.2, 0.25) is 0 Å². The number of rotatable bonds is 4. The molecule has 5 rings (SSSR count). The number of benzene rings is 3. The fourth-order valence-electron chi connectivity index (χ4n) is 4.79. The van der Waals surface area contributed by atoms with Gasteiger partial charge >= 0.3 is 0 Å². The van der Waals surface area contributed by atoms with E-state index in [0.717, 1.165) is 18.7 Å². The number of nitrogens with zero attached hydrogens (tertiary/aromatic N) is 2. The smallest absolute Gasteiger partial charge is 0.210 e. The van der Waals surface area contributed by atoms with Crippen LogP contribution in [0, 0.1) is 0 Å². The molecule has 0 radical (unpaired) electrons. The van der Waals surface area contributed by atoms with Crippen molar-refractivity contribution in [2.45, 2.75) is 19.8 Å². The van der Waals surface area contributed by atoms with Gasteiger partial charge in [-0.1, -0.05) is 80.6 Å². The molecular weight excluding hydrogens is 408 g/mol.